The molecule has 2 heterocycles. The number of hydrogen-bond acceptors (Lipinski definition) is 6. The van der Waals surface area contributed by atoms with Gasteiger partial charge in [0.1, 0.15) is 10.6 Å². The van der Waals surface area contributed by atoms with Crippen LogP contribution in [0, 0.1) is 0 Å². The van der Waals surface area contributed by atoms with Gasteiger partial charge in [0.05, 0.1) is 12.3 Å². The van der Waals surface area contributed by atoms with Crippen LogP contribution in [0.25, 0.3) is 11.3 Å². The lowest BCUT2D eigenvalue weighted by atomic mass is 10.1. The number of rotatable bonds is 7. The summed E-state index contributed by atoms with van der Waals surface area (Å²) >= 11 is 3.33. The van der Waals surface area contributed by atoms with Crippen molar-refractivity contribution in [2.45, 2.75) is 31.1 Å². The first-order valence-electron chi connectivity index (χ1n) is 10.6. The number of benzene rings is 2. The molecule has 1 N–H and O–H groups in total. The number of ether oxygens (including phenoxy) is 1. The van der Waals surface area contributed by atoms with Crippen LogP contribution in [0.3, 0.4) is 0 Å². The first-order chi connectivity index (χ1) is 15.5. The summed E-state index contributed by atoms with van der Waals surface area (Å²) in [5.41, 5.74) is 2.06. The highest BCUT2D eigenvalue weighted by atomic mass is 79.9. The Morgan fingerprint density at radius 1 is 1.00 bits per heavy atom. The van der Waals surface area contributed by atoms with Gasteiger partial charge in [-0.05, 0) is 68.7 Å². The Kier molecular flexibility index (Phi) is 6.95. The Labute approximate surface area is 197 Å². The summed E-state index contributed by atoms with van der Waals surface area (Å²) in [6.45, 7) is 4.22. The van der Waals surface area contributed by atoms with Gasteiger partial charge in [0.25, 0.3) is 10.0 Å². The van der Waals surface area contributed by atoms with Crippen molar-refractivity contribution in [1.29, 1.82) is 0 Å². The van der Waals surface area contributed by atoms with Gasteiger partial charge < -0.3 is 9.64 Å². The van der Waals surface area contributed by atoms with Gasteiger partial charge in [0, 0.05) is 28.8 Å². The van der Waals surface area contributed by atoms with Crippen LogP contribution < -0.4 is 14.4 Å². The van der Waals surface area contributed by atoms with Gasteiger partial charge in [-0.1, -0.05) is 28.1 Å². The van der Waals surface area contributed by atoms with E-state index in [4.69, 9.17) is 4.74 Å². The molecule has 0 atom stereocenters. The molecule has 0 aliphatic carbocycles. The molecule has 168 valence electrons. The highest BCUT2D eigenvalue weighted by Gasteiger charge is 2.20. The molecule has 0 saturated carbocycles. The summed E-state index contributed by atoms with van der Waals surface area (Å²) < 4.78 is 34.7. The second kappa shape index (κ2) is 9.87. The summed E-state index contributed by atoms with van der Waals surface area (Å²) in [7, 11) is -3.82. The third-order valence-electron chi connectivity index (χ3n) is 5.26. The van der Waals surface area contributed by atoms with E-state index in [9.17, 15) is 8.42 Å². The van der Waals surface area contributed by atoms with Gasteiger partial charge in [-0.3, -0.25) is 4.72 Å². The van der Waals surface area contributed by atoms with Crippen LogP contribution in [0.5, 0.6) is 5.75 Å². The predicted octanol–water partition coefficient (Wildman–Crippen LogP) is 5.10. The minimum Gasteiger partial charge on any atom is -0.492 e. The number of sulfonamides is 1. The van der Waals surface area contributed by atoms with Crippen molar-refractivity contribution in [3.05, 3.63) is 59.1 Å². The Morgan fingerprint density at radius 3 is 2.41 bits per heavy atom. The third kappa shape index (κ3) is 5.21. The molecule has 1 saturated heterocycles. The average molecular weight is 517 g/mol. The fourth-order valence-electron chi connectivity index (χ4n) is 3.66. The monoisotopic (exact) mass is 516 g/mol. The topological polar surface area (TPSA) is 84.4 Å². The predicted molar refractivity (Wildman–Crippen MR) is 130 cm³/mol. The molecule has 0 radical (unpaired) electrons. The highest BCUT2D eigenvalue weighted by molar-refractivity contribution is 9.10. The van der Waals surface area contributed by atoms with Gasteiger partial charge in [0.2, 0.25) is 0 Å². The second-order valence-electron chi connectivity index (χ2n) is 7.53. The van der Waals surface area contributed by atoms with Gasteiger partial charge >= 0.3 is 0 Å². The number of halogens is 1. The average Bonchev–Trinajstić information content (AvgIpc) is 2.81. The third-order valence-corrected chi connectivity index (χ3v) is 7.15. The van der Waals surface area contributed by atoms with E-state index in [0.717, 1.165) is 30.2 Å². The maximum absolute atomic E-state index is 13.0. The fourth-order valence-corrected chi connectivity index (χ4v) is 5.40. The first kappa shape index (κ1) is 22.5. The Balaban J connectivity index is 1.50. The number of nitrogens with zero attached hydrogens (tertiary/aromatic N) is 3. The van der Waals surface area contributed by atoms with Crippen LogP contribution >= 0.6 is 15.9 Å². The number of anilines is 2. The molecule has 1 aliphatic heterocycles. The Morgan fingerprint density at radius 2 is 1.75 bits per heavy atom. The fraction of sp³-hybridized carbons (Fsp3) is 0.304. The standard InChI is InChI=1S/C23H25BrN4O3S/c1-2-31-21-12-8-18(24)16-22(21)32(29,30)27-19-9-6-17(7-10-19)20-11-13-23(26-25-20)28-14-4-3-5-15-28/h6-13,16,27H,2-5,14-15H2,1H3. The summed E-state index contributed by atoms with van der Waals surface area (Å²) in [5, 5.41) is 8.75. The van der Waals surface area contributed by atoms with Crippen molar-refractivity contribution in [1.82, 2.24) is 10.2 Å². The molecular formula is C23H25BrN4O3S. The van der Waals surface area contributed by atoms with Crippen LogP contribution in [0.2, 0.25) is 0 Å². The quantitative estimate of drug-likeness (QED) is 0.470. The molecule has 0 unspecified atom stereocenters. The SMILES string of the molecule is CCOc1ccc(Br)cc1S(=O)(=O)Nc1ccc(-c2ccc(N3CCCCC3)nn2)cc1. The number of nitrogens with one attached hydrogen (secondary N) is 1. The zero-order valence-electron chi connectivity index (χ0n) is 17.8. The molecule has 1 aliphatic rings. The van der Waals surface area contributed by atoms with E-state index in [-0.39, 0.29) is 4.90 Å². The lowest BCUT2D eigenvalue weighted by molar-refractivity contribution is 0.331. The zero-order valence-corrected chi connectivity index (χ0v) is 20.2. The van der Waals surface area contributed by atoms with Crippen LogP contribution in [0.4, 0.5) is 11.5 Å². The number of piperidine rings is 1. The summed E-state index contributed by atoms with van der Waals surface area (Å²) in [6, 6.07) is 15.9. The van der Waals surface area contributed by atoms with Gasteiger partial charge in [-0.2, -0.15) is 0 Å². The molecule has 0 amide bonds. The van der Waals surface area contributed by atoms with Crippen molar-refractivity contribution < 1.29 is 13.2 Å². The smallest absolute Gasteiger partial charge is 0.265 e. The van der Waals surface area contributed by atoms with E-state index in [2.05, 4.69) is 35.7 Å². The molecule has 1 aromatic heterocycles. The zero-order chi connectivity index (χ0) is 22.6. The second-order valence-corrected chi connectivity index (χ2v) is 10.1. The Bertz CT molecular complexity index is 1160. The molecule has 0 bridgehead atoms. The van der Waals surface area contributed by atoms with Crippen LogP contribution in [-0.4, -0.2) is 38.3 Å². The molecule has 7 nitrogen and oxygen atoms in total. The summed E-state index contributed by atoms with van der Waals surface area (Å²) in [6.07, 6.45) is 3.65. The Hall–Kier alpha value is -2.65. The molecule has 32 heavy (non-hydrogen) atoms. The van der Waals surface area contributed by atoms with E-state index in [1.165, 1.54) is 25.3 Å². The number of aromatic nitrogens is 2. The van der Waals surface area contributed by atoms with Crippen molar-refractivity contribution in [3.63, 3.8) is 0 Å². The highest BCUT2D eigenvalue weighted by Crippen LogP contribution is 2.30. The molecule has 1 fully saturated rings. The molecule has 4 rings (SSSR count). The van der Waals surface area contributed by atoms with Crippen LogP contribution in [0.1, 0.15) is 26.2 Å². The van der Waals surface area contributed by atoms with Crippen molar-refractivity contribution in [3.8, 4) is 17.0 Å². The van der Waals surface area contributed by atoms with Crippen LogP contribution in [-0.2, 0) is 10.0 Å². The minimum absolute atomic E-state index is 0.0805. The normalized spacial score (nSPS) is 14.2. The van der Waals surface area contributed by atoms with Crippen molar-refractivity contribution in [2.75, 3.05) is 29.3 Å². The van der Waals surface area contributed by atoms with E-state index < -0.39 is 10.0 Å². The van der Waals surface area contributed by atoms with E-state index in [0.29, 0.717) is 22.5 Å². The largest absolute Gasteiger partial charge is 0.492 e. The van der Waals surface area contributed by atoms with Crippen LogP contribution in [0.15, 0.2) is 64.0 Å². The lowest BCUT2D eigenvalue weighted by Crippen LogP contribution is -2.30. The molecular weight excluding hydrogens is 492 g/mol. The van der Waals surface area contributed by atoms with Gasteiger partial charge in [0.15, 0.2) is 5.82 Å². The van der Waals surface area contributed by atoms with E-state index in [1.54, 1.807) is 24.3 Å². The number of hydrogen-bond donors (Lipinski definition) is 1. The summed E-state index contributed by atoms with van der Waals surface area (Å²) in [5.74, 6) is 1.21. The van der Waals surface area contributed by atoms with E-state index in [1.807, 2.05) is 31.2 Å². The summed E-state index contributed by atoms with van der Waals surface area (Å²) in [4.78, 5) is 2.34. The maximum atomic E-state index is 13.0. The minimum atomic E-state index is -3.82. The molecule has 9 heteroatoms. The van der Waals surface area contributed by atoms with Crippen molar-refractivity contribution >= 4 is 37.5 Å². The van der Waals surface area contributed by atoms with Crippen molar-refractivity contribution in [2.24, 2.45) is 0 Å². The molecule has 3 aromatic rings. The maximum Gasteiger partial charge on any atom is 0.265 e. The van der Waals surface area contributed by atoms with E-state index >= 15 is 0 Å². The first-order valence-corrected chi connectivity index (χ1v) is 12.9. The van der Waals surface area contributed by atoms with Gasteiger partial charge in [-0.15, -0.1) is 10.2 Å². The molecule has 0 spiro atoms. The van der Waals surface area contributed by atoms with Gasteiger partial charge in [-0.25, -0.2) is 8.42 Å². The lowest BCUT2D eigenvalue weighted by Gasteiger charge is -2.27. The molecule has 2 aromatic carbocycles.